The standard InChI is InChI=1S/C16H15BrO4/c1-19-11-4-2-3-10(7-11)16(18)12-8-14-15(9-13(12)17)21-6-5-20-14/h2-4,7-9,16,18H,5-6H2,1H3. The molecule has 1 aliphatic heterocycles. The fraction of sp³-hybridized carbons (Fsp3) is 0.250. The van der Waals surface area contributed by atoms with Crippen LogP contribution in [-0.2, 0) is 0 Å². The molecule has 5 heteroatoms. The van der Waals surface area contributed by atoms with Crippen molar-refractivity contribution in [1.29, 1.82) is 0 Å². The lowest BCUT2D eigenvalue weighted by atomic mass is 10.0. The van der Waals surface area contributed by atoms with Crippen molar-refractivity contribution in [3.63, 3.8) is 0 Å². The molecule has 1 heterocycles. The van der Waals surface area contributed by atoms with Crippen LogP contribution in [0.2, 0.25) is 0 Å². The topological polar surface area (TPSA) is 47.9 Å². The van der Waals surface area contributed by atoms with Gasteiger partial charge in [-0.3, -0.25) is 0 Å². The lowest BCUT2D eigenvalue weighted by Gasteiger charge is -2.21. The van der Waals surface area contributed by atoms with Crippen molar-refractivity contribution in [2.75, 3.05) is 20.3 Å². The van der Waals surface area contributed by atoms with Gasteiger partial charge in [-0.2, -0.15) is 0 Å². The molecule has 1 N–H and O–H groups in total. The summed E-state index contributed by atoms with van der Waals surface area (Å²) >= 11 is 3.48. The third-order valence-corrected chi connectivity index (χ3v) is 4.05. The predicted octanol–water partition coefficient (Wildman–Crippen LogP) is 3.31. The molecule has 2 aromatic carbocycles. The van der Waals surface area contributed by atoms with E-state index < -0.39 is 6.10 Å². The van der Waals surface area contributed by atoms with E-state index in [9.17, 15) is 5.11 Å². The summed E-state index contributed by atoms with van der Waals surface area (Å²) in [4.78, 5) is 0. The van der Waals surface area contributed by atoms with Gasteiger partial charge in [0.05, 0.1) is 7.11 Å². The zero-order valence-corrected chi connectivity index (χ0v) is 13.1. The summed E-state index contributed by atoms with van der Waals surface area (Å²) in [6, 6.07) is 11.0. The second-order valence-corrected chi connectivity index (χ2v) is 5.55. The van der Waals surface area contributed by atoms with Gasteiger partial charge < -0.3 is 19.3 Å². The molecule has 0 spiro atoms. The van der Waals surface area contributed by atoms with Crippen LogP contribution in [0.15, 0.2) is 40.9 Å². The van der Waals surface area contributed by atoms with Gasteiger partial charge in [-0.25, -0.2) is 0 Å². The van der Waals surface area contributed by atoms with Gasteiger partial charge in [-0.05, 0) is 29.8 Å². The highest BCUT2D eigenvalue weighted by molar-refractivity contribution is 9.10. The van der Waals surface area contributed by atoms with E-state index >= 15 is 0 Å². The van der Waals surface area contributed by atoms with Gasteiger partial charge in [-0.15, -0.1) is 0 Å². The molecule has 0 radical (unpaired) electrons. The van der Waals surface area contributed by atoms with Crippen LogP contribution >= 0.6 is 15.9 Å². The number of hydrogen-bond donors (Lipinski definition) is 1. The minimum atomic E-state index is -0.773. The van der Waals surface area contributed by atoms with E-state index in [1.165, 1.54) is 0 Å². The van der Waals surface area contributed by atoms with Gasteiger partial charge in [0.25, 0.3) is 0 Å². The van der Waals surface area contributed by atoms with Crippen LogP contribution in [0.3, 0.4) is 0 Å². The Hall–Kier alpha value is -1.72. The molecule has 21 heavy (non-hydrogen) atoms. The molecular formula is C16H15BrO4. The Bertz CT molecular complexity index is 657. The molecule has 0 aromatic heterocycles. The van der Waals surface area contributed by atoms with Crippen LogP contribution in [0.25, 0.3) is 0 Å². The van der Waals surface area contributed by atoms with E-state index in [0.717, 1.165) is 15.6 Å². The lowest BCUT2D eigenvalue weighted by Crippen LogP contribution is -2.16. The van der Waals surface area contributed by atoms with E-state index in [4.69, 9.17) is 14.2 Å². The van der Waals surface area contributed by atoms with Crippen LogP contribution in [0.1, 0.15) is 17.2 Å². The van der Waals surface area contributed by atoms with Crippen LogP contribution in [-0.4, -0.2) is 25.4 Å². The van der Waals surface area contributed by atoms with Gasteiger partial charge in [0.15, 0.2) is 11.5 Å². The van der Waals surface area contributed by atoms with E-state index in [1.807, 2.05) is 36.4 Å². The molecule has 0 saturated heterocycles. The minimum absolute atomic E-state index is 0.517. The highest BCUT2D eigenvalue weighted by atomic mass is 79.9. The molecule has 1 atom stereocenters. The average molecular weight is 351 g/mol. The Balaban J connectivity index is 1.98. The molecule has 0 saturated carbocycles. The highest BCUT2D eigenvalue weighted by Gasteiger charge is 2.20. The Labute approximate surface area is 131 Å². The largest absolute Gasteiger partial charge is 0.497 e. The van der Waals surface area contributed by atoms with Gasteiger partial charge in [0, 0.05) is 10.0 Å². The van der Waals surface area contributed by atoms with E-state index in [1.54, 1.807) is 7.11 Å². The van der Waals surface area contributed by atoms with Gasteiger partial charge in [0.2, 0.25) is 0 Å². The first-order valence-corrected chi connectivity index (χ1v) is 7.39. The molecule has 0 fully saturated rings. The smallest absolute Gasteiger partial charge is 0.162 e. The Morgan fingerprint density at radius 1 is 1.14 bits per heavy atom. The zero-order chi connectivity index (χ0) is 14.8. The first-order chi connectivity index (χ1) is 10.2. The summed E-state index contributed by atoms with van der Waals surface area (Å²) in [5.74, 6) is 2.05. The van der Waals surface area contributed by atoms with E-state index in [-0.39, 0.29) is 0 Å². The summed E-state index contributed by atoms with van der Waals surface area (Å²) in [6.45, 7) is 1.06. The molecule has 4 nitrogen and oxygen atoms in total. The van der Waals surface area contributed by atoms with Gasteiger partial charge >= 0.3 is 0 Å². The van der Waals surface area contributed by atoms with Crippen molar-refractivity contribution >= 4 is 15.9 Å². The number of fused-ring (bicyclic) bond motifs is 1. The summed E-state index contributed by atoms with van der Waals surface area (Å²) < 4.78 is 17.1. The third kappa shape index (κ3) is 2.84. The number of rotatable bonds is 3. The Kier molecular flexibility index (Phi) is 4.03. The molecule has 3 rings (SSSR count). The van der Waals surface area contributed by atoms with Crippen molar-refractivity contribution in [3.05, 3.63) is 52.0 Å². The number of ether oxygens (including phenoxy) is 3. The van der Waals surface area contributed by atoms with Crippen molar-refractivity contribution in [3.8, 4) is 17.2 Å². The predicted molar refractivity (Wildman–Crippen MR) is 82.2 cm³/mol. The second kappa shape index (κ2) is 5.95. The van der Waals surface area contributed by atoms with Crippen LogP contribution in [0.5, 0.6) is 17.2 Å². The maximum absolute atomic E-state index is 10.6. The normalized spacial score (nSPS) is 14.6. The fourth-order valence-electron chi connectivity index (χ4n) is 2.28. The van der Waals surface area contributed by atoms with E-state index in [2.05, 4.69) is 15.9 Å². The number of benzene rings is 2. The van der Waals surface area contributed by atoms with E-state index in [0.29, 0.717) is 30.5 Å². The molecule has 1 aliphatic rings. The number of aliphatic hydroxyl groups excluding tert-OH is 1. The first kappa shape index (κ1) is 14.2. The number of halogens is 1. The molecular weight excluding hydrogens is 336 g/mol. The lowest BCUT2D eigenvalue weighted by molar-refractivity contribution is 0.169. The van der Waals surface area contributed by atoms with Gasteiger partial charge in [-0.1, -0.05) is 28.1 Å². The molecule has 110 valence electrons. The first-order valence-electron chi connectivity index (χ1n) is 6.60. The maximum Gasteiger partial charge on any atom is 0.162 e. The van der Waals surface area contributed by atoms with Crippen LogP contribution in [0, 0.1) is 0 Å². The Morgan fingerprint density at radius 2 is 1.86 bits per heavy atom. The third-order valence-electron chi connectivity index (χ3n) is 3.37. The monoisotopic (exact) mass is 350 g/mol. The summed E-state index contributed by atoms with van der Waals surface area (Å²) in [5.41, 5.74) is 1.49. The van der Waals surface area contributed by atoms with Crippen molar-refractivity contribution < 1.29 is 19.3 Å². The minimum Gasteiger partial charge on any atom is -0.497 e. The Morgan fingerprint density at radius 3 is 2.57 bits per heavy atom. The summed E-state index contributed by atoms with van der Waals surface area (Å²) in [5, 5.41) is 10.6. The SMILES string of the molecule is COc1cccc(C(O)c2cc3c(cc2Br)OCCO3)c1. The zero-order valence-electron chi connectivity index (χ0n) is 11.5. The van der Waals surface area contributed by atoms with Crippen LogP contribution in [0.4, 0.5) is 0 Å². The van der Waals surface area contributed by atoms with Crippen LogP contribution < -0.4 is 14.2 Å². The number of methoxy groups -OCH3 is 1. The van der Waals surface area contributed by atoms with Crippen molar-refractivity contribution in [2.45, 2.75) is 6.10 Å². The summed E-state index contributed by atoms with van der Waals surface area (Å²) in [7, 11) is 1.60. The maximum atomic E-state index is 10.6. The summed E-state index contributed by atoms with van der Waals surface area (Å²) in [6.07, 6.45) is -0.773. The highest BCUT2D eigenvalue weighted by Crippen LogP contribution is 2.39. The quantitative estimate of drug-likeness (QED) is 0.922. The van der Waals surface area contributed by atoms with Crippen molar-refractivity contribution in [2.24, 2.45) is 0 Å². The fourth-order valence-corrected chi connectivity index (χ4v) is 2.82. The second-order valence-electron chi connectivity index (χ2n) is 4.70. The number of aliphatic hydroxyl groups is 1. The molecule has 0 amide bonds. The van der Waals surface area contributed by atoms with Crippen molar-refractivity contribution in [1.82, 2.24) is 0 Å². The molecule has 0 bridgehead atoms. The van der Waals surface area contributed by atoms with Gasteiger partial charge in [0.1, 0.15) is 25.1 Å². The molecule has 0 aliphatic carbocycles. The number of hydrogen-bond acceptors (Lipinski definition) is 4. The molecule has 2 aromatic rings. The average Bonchev–Trinajstić information content (AvgIpc) is 2.53. The molecule has 1 unspecified atom stereocenters.